The first kappa shape index (κ1) is 18.4. The Balaban J connectivity index is 1.60. The summed E-state index contributed by atoms with van der Waals surface area (Å²) in [5.41, 5.74) is 1.54. The molecule has 0 aliphatic heterocycles. The fourth-order valence-electron chi connectivity index (χ4n) is 2.97. The van der Waals surface area contributed by atoms with E-state index in [2.05, 4.69) is 9.71 Å². The van der Waals surface area contributed by atoms with Gasteiger partial charge >= 0.3 is 5.97 Å². The van der Waals surface area contributed by atoms with E-state index in [9.17, 15) is 13.2 Å². The number of hydrogen-bond donors (Lipinski definition) is 2. The first-order chi connectivity index (χ1) is 13.4. The Morgan fingerprint density at radius 3 is 2.54 bits per heavy atom. The van der Waals surface area contributed by atoms with Gasteiger partial charge in [-0.3, -0.25) is 9.52 Å². The highest BCUT2D eigenvalue weighted by atomic mass is 32.2. The Kier molecular flexibility index (Phi) is 4.74. The van der Waals surface area contributed by atoms with Gasteiger partial charge in [-0.05, 0) is 35.6 Å². The highest BCUT2D eigenvalue weighted by Crippen LogP contribution is 2.32. The second-order valence-electron chi connectivity index (χ2n) is 6.30. The average molecular weight is 412 g/mol. The van der Waals surface area contributed by atoms with E-state index in [0.29, 0.717) is 11.6 Å². The molecule has 0 atom stereocenters. The summed E-state index contributed by atoms with van der Waals surface area (Å²) in [5, 5.41) is 11.1. The number of aliphatic carboxylic acids is 1. The van der Waals surface area contributed by atoms with E-state index in [0.717, 1.165) is 26.6 Å². The monoisotopic (exact) mass is 412 g/mol. The number of nitrogens with one attached hydrogen (secondary N) is 1. The van der Waals surface area contributed by atoms with Crippen LogP contribution >= 0.6 is 11.3 Å². The van der Waals surface area contributed by atoms with Crippen LogP contribution in [0.2, 0.25) is 0 Å². The zero-order chi connectivity index (χ0) is 19.7. The maximum atomic E-state index is 12.7. The normalized spacial score (nSPS) is 11.7. The van der Waals surface area contributed by atoms with Gasteiger partial charge in [-0.25, -0.2) is 13.4 Å². The molecule has 142 valence electrons. The summed E-state index contributed by atoms with van der Waals surface area (Å²) in [6, 6.07) is 18.0. The Hall–Kier alpha value is -2.97. The van der Waals surface area contributed by atoms with Crippen molar-refractivity contribution in [2.45, 2.75) is 17.7 Å². The van der Waals surface area contributed by atoms with Crippen LogP contribution in [0.25, 0.3) is 21.0 Å². The van der Waals surface area contributed by atoms with E-state index in [-0.39, 0.29) is 11.3 Å². The fourth-order valence-corrected chi connectivity index (χ4v) is 5.08. The summed E-state index contributed by atoms with van der Waals surface area (Å²) in [4.78, 5) is 15.2. The third kappa shape index (κ3) is 3.69. The van der Waals surface area contributed by atoms with Crippen LogP contribution < -0.4 is 4.72 Å². The summed E-state index contributed by atoms with van der Waals surface area (Å²) in [5.74, 6) is -0.887. The quantitative estimate of drug-likeness (QED) is 0.493. The number of hydrogen-bond acceptors (Lipinski definition) is 5. The third-order valence-electron chi connectivity index (χ3n) is 4.37. The number of aromatic nitrogens is 1. The molecule has 0 saturated heterocycles. The maximum absolute atomic E-state index is 12.7. The molecule has 4 rings (SSSR count). The zero-order valence-electron chi connectivity index (χ0n) is 14.6. The molecule has 0 saturated carbocycles. The van der Waals surface area contributed by atoms with Crippen molar-refractivity contribution in [2.75, 3.05) is 4.72 Å². The van der Waals surface area contributed by atoms with Gasteiger partial charge in [-0.1, -0.05) is 53.8 Å². The van der Waals surface area contributed by atoms with Crippen LogP contribution in [0.15, 0.2) is 65.6 Å². The van der Waals surface area contributed by atoms with Gasteiger partial charge in [0, 0.05) is 11.8 Å². The third-order valence-corrected chi connectivity index (χ3v) is 6.79. The van der Waals surface area contributed by atoms with E-state index in [1.165, 1.54) is 23.5 Å². The molecule has 28 heavy (non-hydrogen) atoms. The van der Waals surface area contributed by atoms with Crippen molar-refractivity contribution in [3.8, 4) is 0 Å². The van der Waals surface area contributed by atoms with Gasteiger partial charge in [-0.2, -0.15) is 0 Å². The maximum Gasteiger partial charge on any atom is 0.303 e. The molecule has 0 aliphatic carbocycles. The molecule has 0 radical (unpaired) electrons. The van der Waals surface area contributed by atoms with E-state index in [4.69, 9.17) is 5.11 Å². The van der Waals surface area contributed by atoms with E-state index < -0.39 is 16.0 Å². The molecule has 0 fully saturated rings. The average Bonchev–Trinajstić information content (AvgIpc) is 3.09. The first-order valence-corrected chi connectivity index (χ1v) is 10.8. The van der Waals surface area contributed by atoms with Gasteiger partial charge in [0.15, 0.2) is 5.13 Å². The largest absolute Gasteiger partial charge is 0.481 e. The molecule has 3 aromatic carbocycles. The number of sulfonamides is 1. The summed E-state index contributed by atoms with van der Waals surface area (Å²) < 4.78 is 28.8. The molecule has 0 amide bonds. The molecule has 0 bridgehead atoms. The number of nitrogens with zero attached hydrogens (tertiary/aromatic N) is 1. The van der Waals surface area contributed by atoms with E-state index in [1.807, 2.05) is 36.4 Å². The number of thiazole rings is 1. The van der Waals surface area contributed by atoms with Crippen molar-refractivity contribution in [3.05, 3.63) is 66.2 Å². The van der Waals surface area contributed by atoms with E-state index in [1.54, 1.807) is 12.1 Å². The van der Waals surface area contributed by atoms with Gasteiger partial charge in [-0.15, -0.1) is 0 Å². The van der Waals surface area contributed by atoms with Crippen molar-refractivity contribution < 1.29 is 18.3 Å². The van der Waals surface area contributed by atoms with Crippen LogP contribution in [0, 0.1) is 0 Å². The molecular formula is C20H16N2O4S2. The summed E-state index contributed by atoms with van der Waals surface area (Å²) in [7, 11) is -3.78. The number of carboxylic acids is 1. The van der Waals surface area contributed by atoms with E-state index >= 15 is 0 Å². The summed E-state index contributed by atoms with van der Waals surface area (Å²) in [6.45, 7) is 0. The molecule has 2 N–H and O–H groups in total. The molecule has 0 aliphatic rings. The highest BCUT2D eigenvalue weighted by molar-refractivity contribution is 7.93. The molecule has 0 unspecified atom stereocenters. The zero-order valence-corrected chi connectivity index (χ0v) is 16.3. The lowest BCUT2D eigenvalue weighted by Gasteiger charge is -2.06. The SMILES string of the molecule is O=C(O)CCc1ccc(S(=O)(=O)Nc2nc3c(ccc4ccccc43)s2)cc1. The van der Waals surface area contributed by atoms with Crippen LogP contribution in [0.3, 0.4) is 0 Å². The van der Waals surface area contributed by atoms with Crippen LogP contribution in [0.5, 0.6) is 0 Å². The Bertz CT molecular complexity index is 1280. The number of anilines is 1. The number of carboxylic acid groups (broad SMARTS) is 1. The molecule has 1 heterocycles. The predicted octanol–water partition coefficient (Wildman–Crippen LogP) is 4.27. The van der Waals surface area contributed by atoms with Gasteiger partial charge < -0.3 is 5.11 Å². The second-order valence-corrected chi connectivity index (χ2v) is 9.01. The lowest BCUT2D eigenvalue weighted by atomic mass is 10.1. The Labute approximate surface area is 165 Å². The first-order valence-electron chi connectivity index (χ1n) is 8.54. The van der Waals surface area contributed by atoms with Gasteiger partial charge in [0.25, 0.3) is 10.0 Å². The van der Waals surface area contributed by atoms with Gasteiger partial charge in [0.2, 0.25) is 0 Å². The van der Waals surface area contributed by atoms with Crippen molar-refractivity contribution in [1.82, 2.24) is 4.98 Å². The minimum absolute atomic E-state index is 0.00398. The van der Waals surface area contributed by atoms with Crippen LogP contribution in [0.4, 0.5) is 5.13 Å². The molecular weight excluding hydrogens is 396 g/mol. The minimum atomic E-state index is -3.78. The van der Waals surface area contributed by atoms with Crippen molar-refractivity contribution in [2.24, 2.45) is 0 Å². The number of rotatable bonds is 6. The summed E-state index contributed by atoms with van der Waals surface area (Å²) >= 11 is 1.28. The fraction of sp³-hybridized carbons (Fsp3) is 0.100. The number of fused-ring (bicyclic) bond motifs is 3. The Morgan fingerprint density at radius 2 is 1.79 bits per heavy atom. The lowest BCUT2D eigenvalue weighted by molar-refractivity contribution is -0.136. The van der Waals surface area contributed by atoms with Crippen LogP contribution in [-0.4, -0.2) is 24.5 Å². The van der Waals surface area contributed by atoms with Gasteiger partial charge in [0.1, 0.15) is 0 Å². The summed E-state index contributed by atoms with van der Waals surface area (Å²) in [6.07, 6.45) is 0.359. The number of aryl methyl sites for hydroxylation is 1. The van der Waals surface area contributed by atoms with Crippen molar-refractivity contribution >= 4 is 53.5 Å². The molecule has 8 heteroatoms. The number of benzene rings is 3. The number of carbonyl (C=O) groups is 1. The van der Waals surface area contributed by atoms with Gasteiger partial charge in [0.05, 0.1) is 15.1 Å². The van der Waals surface area contributed by atoms with Crippen molar-refractivity contribution in [3.63, 3.8) is 0 Å². The molecule has 1 aromatic heterocycles. The smallest absolute Gasteiger partial charge is 0.303 e. The van der Waals surface area contributed by atoms with Crippen molar-refractivity contribution in [1.29, 1.82) is 0 Å². The minimum Gasteiger partial charge on any atom is -0.481 e. The molecule has 4 aromatic rings. The van der Waals surface area contributed by atoms with Crippen LogP contribution in [0.1, 0.15) is 12.0 Å². The highest BCUT2D eigenvalue weighted by Gasteiger charge is 2.17. The predicted molar refractivity (Wildman–Crippen MR) is 110 cm³/mol. The molecule has 0 spiro atoms. The second kappa shape index (κ2) is 7.21. The van der Waals surface area contributed by atoms with Crippen LogP contribution in [-0.2, 0) is 21.2 Å². The standard InChI is InChI=1S/C20H16N2O4S2/c23-18(24)12-7-13-5-9-15(10-6-13)28(25,26)22-20-21-19-16-4-2-1-3-14(16)8-11-17(19)27-20/h1-6,8-11H,7,12H2,(H,21,22)(H,23,24). The topological polar surface area (TPSA) is 96.4 Å². The lowest BCUT2D eigenvalue weighted by Crippen LogP contribution is -2.12. The Morgan fingerprint density at radius 1 is 1.04 bits per heavy atom. The molecule has 6 nitrogen and oxygen atoms in total.